The van der Waals surface area contributed by atoms with Crippen LogP contribution in [-0.2, 0) is 0 Å². The van der Waals surface area contributed by atoms with Crippen LogP contribution in [0.4, 0.5) is 5.69 Å². The number of carbonyl (C=O) groups is 1. The number of anilines is 1. The maximum absolute atomic E-state index is 12.7. The Balaban J connectivity index is 1.78. The third-order valence-corrected chi connectivity index (χ3v) is 5.70. The number of carbonyl (C=O) groups excluding carboxylic acids is 1. The fourth-order valence-electron chi connectivity index (χ4n) is 4.39. The lowest BCUT2D eigenvalue weighted by Gasteiger charge is -2.39. The van der Waals surface area contributed by atoms with E-state index in [-0.39, 0.29) is 11.9 Å². The zero-order chi connectivity index (χ0) is 18.1. The Labute approximate surface area is 155 Å². The molecule has 0 radical (unpaired) electrons. The highest BCUT2D eigenvalue weighted by molar-refractivity contribution is 6.00. The first kappa shape index (κ1) is 16.9. The first-order valence-corrected chi connectivity index (χ1v) is 9.60. The first-order valence-electron chi connectivity index (χ1n) is 9.60. The average Bonchev–Trinajstić information content (AvgIpc) is 3.15. The summed E-state index contributed by atoms with van der Waals surface area (Å²) in [6.45, 7) is 4.95. The van der Waals surface area contributed by atoms with Crippen molar-refractivity contribution < 1.29 is 4.79 Å². The van der Waals surface area contributed by atoms with E-state index in [1.165, 1.54) is 16.7 Å². The number of hydrogen-bond donors (Lipinski definition) is 2. The quantitative estimate of drug-likeness (QED) is 0.768. The molecule has 0 spiro atoms. The number of para-hydroxylation sites is 1. The Morgan fingerprint density at radius 1 is 1.15 bits per heavy atom. The van der Waals surface area contributed by atoms with Crippen molar-refractivity contribution in [3.63, 3.8) is 0 Å². The lowest BCUT2D eigenvalue weighted by Crippen LogP contribution is -2.32. The Morgan fingerprint density at radius 3 is 2.77 bits per heavy atom. The summed E-state index contributed by atoms with van der Waals surface area (Å²) in [7, 11) is 0. The van der Waals surface area contributed by atoms with E-state index in [1.807, 2.05) is 12.1 Å². The van der Waals surface area contributed by atoms with E-state index >= 15 is 0 Å². The van der Waals surface area contributed by atoms with Crippen molar-refractivity contribution >= 4 is 11.6 Å². The summed E-state index contributed by atoms with van der Waals surface area (Å²) in [5.41, 5.74) is 5.64. The van der Waals surface area contributed by atoms with Gasteiger partial charge in [-0.1, -0.05) is 55.5 Å². The van der Waals surface area contributed by atoms with Crippen LogP contribution in [0, 0.1) is 12.8 Å². The normalized spacial score (nSPS) is 23.1. The van der Waals surface area contributed by atoms with Crippen LogP contribution in [0.15, 0.2) is 54.6 Å². The van der Waals surface area contributed by atoms with Crippen molar-refractivity contribution in [3.8, 4) is 0 Å². The Hall–Kier alpha value is -2.55. The van der Waals surface area contributed by atoms with Crippen LogP contribution in [0.2, 0.25) is 0 Å². The topological polar surface area (TPSA) is 41.1 Å². The number of rotatable bonds is 4. The Morgan fingerprint density at radius 2 is 1.96 bits per heavy atom. The van der Waals surface area contributed by atoms with Gasteiger partial charge in [-0.25, -0.2) is 0 Å². The molecule has 3 atom stereocenters. The van der Waals surface area contributed by atoms with Gasteiger partial charge in [-0.05, 0) is 48.4 Å². The number of allylic oxidation sites excluding steroid dienone is 2. The zero-order valence-corrected chi connectivity index (χ0v) is 15.5. The van der Waals surface area contributed by atoms with Crippen LogP contribution < -0.4 is 10.6 Å². The van der Waals surface area contributed by atoms with Crippen molar-refractivity contribution in [1.29, 1.82) is 0 Å². The summed E-state index contributed by atoms with van der Waals surface area (Å²) < 4.78 is 0. The molecule has 1 aliphatic carbocycles. The van der Waals surface area contributed by atoms with Gasteiger partial charge in [0.1, 0.15) is 0 Å². The molecule has 0 fully saturated rings. The number of fused-ring (bicyclic) bond motifs is 3. The third kappa shape index (κ3) is 2.82. The minimum atomic E-state index is 0.0140. The van der Waals surface area contributed by atoms with Crippen molar-refractivity contribution in [2.45, 2.75) is 38.6 Å². The van der Waals surface area contributed by atoms with E-state index in [4.69, 9.17) is 0 Å². The zero-order valence-electron chi connectivity index (χ0n) is 15.5. The third-order valence-electron chi connectivity index (χ3n) is 5.70. The molecule has 0 bridgehead atoms. The molecule has 134 valence electrons. The van der Waals surface area contributed by atoms with Crippen molar-refractivity contribution in [2.75, 3.05) is 11.9 Å². The van der Waals surface area contributed by atoms with Crippen molar-refractivity contribution in [2.24, 2.45) is 5.92 Å². The molecule has 4 rings (SSSR count). The lowest BCUT2D eigenvalue weighted by molar-refractivity contribution is 0.0954. The second-order valence-electron chi connectivity index (χ2n) is 7.36. The molecular weight excluding hydrogens is 320 g/mol. The van der Waals surface area contributed by atoms with Crippen LogP contribution in [0.25, 0.3) is 0 Å². The number of amides is 1. The monoisotopic (exact) mass is 346 g/mol. The van der Waals surface area contributed by atoms with Gasteiger partial charge in [-0.3, -0.25) is 4.79 Å². The second-order valence-corrected chi connectivity index (χ2v) is 7.36. The molecule has 2 aromatic carbocycles. The molecule has 0 aromatic heterocycles. The Kier molecular flexibility index (Phi) is 4.54. The van der Waals surface area contributed by atoms with Gasteiger partial charge in [-0.2, -0.15) is 0 Å². The van der Waals surface area contributed by atoms with Crippen molar-refractivity contribution in [3.05, 3.63) is 76.9 Å². The number of nitrogens with one attached hydrogen (secondary N) is 2. The smallest absolute Gasteiger partial charge is 0.253 e. The average molecular weight is 346 g/mol. The largest absolute Gasteiger partial charge is 0.377 e. The lowest BCUT2D eigenvalue weighted by atomic mass is 9.75. The molecule has 1 aliphatic heterocycles. The van der Waals surface area contributed by atoms with Gasteiger partial charge < -0.3 is 10.6 Å². The minimum absolute atomic E-state index is 0.0140. The summed E-state index contributed by atoms with van der Waals surface area (Å²) in [4.78, 5) is 12.7. The highest BCUT2D eigenvalue weighted by atomic mass is 16.1. The van der Waals surface area contributed by atoms with Gasteiger partial charge in [0, 0.05) is 12.5 Å². The number of aryl methyl sites for hydroxylation is 1. The molecule has 3 nitrogen and oxygen atoms in total. The fraction of sp³-hybridized carbons (Fsp3) is 0.348. The maximum Gasteiger partial charge on any atom is 0.253 e. The van der Waals surface area contributed by atoms with E-state index in [0.29, 0.717) is 18.4 Å². The van der Waals surface area contributed by atoms with E-state index in [1.54, 1.807) is 0 Å². The minimum Gasteiger partial charge on any atom is -0.377 e. The van der Waals surface area contributed by atoms with Crippen LogP contribution in [0.5, 0.6) is 0 Å². The number of benzene rings is 2. The van der Waals surface area contributed by atoms with Crippen molar-refractivity contribution in [1.82, 2.24) is 5.32 Å². The van der Waals surface area contributed by atoms with Gasteiger partial charge in [0.2, 0.25) is 0 Å². The summed E-state index contributed by atoms with van der Waals surface area (Å²) in [5.74, 6) is 0.882. The fourth-order valence-corrected chi connectivity index (χ4v) is 4.39. The predicted molar refractivity (Wildman–Crippen MR) is 107 cm³/mol. The van der Waals surface area contributed by atoms with E-state index in [0.717, 1.165) is 24.1 Å². The van der Waals surface area contributed by atoms with Gasteiger partial charge in [0.15, 0.2) is 0 Å². The van der Waals surface area contributed by atoms with Crippen LogP contribution in [0.3, 0.4) is 0 Å². The van der Waals surface area contributed by atoms with Crippen LogP contribution >= 0.6 is 0 Å². The number of hydrogen-bond acceptors (Lipinski definition) is 2. The SMILES string of the molecule is CCCNC(=O)c1cccc2c1NC(c1ccccc1C)C1CC=CC21. The molecule has 1 heterocycles. The summed E-state index contributed by atoms with van der Waals surface area (Å²) in [6, 6.07) is 14.9. The molecule has 1 amide bonds. The second kappa shape index (κ2) is 6.99. The van der Waals surface area contributed by atoms with Gasteiger partial charge >= 0.3 is 0 Å². The molecule has 2 N–H and O–H groups in total. The van der Waals surface area contributed by atoms with Crippen LogP contribution in [-0.4, -0.2) is 12.5 Å². The van der Waals surface area contributed by atoms with Gasteiger partial charge in [0.25, 0.3) is 5.91 Å². The molecular formula is C23H26N2O. The Bertz CT molecular complexity index is 855. The van der Waals surface area contributed by atoms with E-state index in [2.05, 4.69) is 67.0 Å². The molecule has 3 unspecified atom stereocenters. The molecule has 0 saturated carbocycles. The standard InChI is InChI=1S/C23H26N2O/c1-3-14-24-23(26)20-13-7-12-19-17-10-6-11-18(17)21(25-22(19)20)16-9-5-4-8-15(16)2/h4-10,12-13,17-18,21,25H,3,11,14H2,1-2H3,(H,24,26). The summed E-state index contributed by atoms with van der Waals surface area (Å²) in [6.07, 6.45) is 6.63. The summed E-state index contributed by atoms with van der Waals surface area (Å²) in [5, 5.41) is 6.78. The highest BCUT2D eigenvalue weighted by Crippen LogP contribution is 2.51. The summed E-state index contributed by atoms with van der Waals surface area (Å²) >= 11 is 0. The molecule has 2 aromatic rings. The highest BCUT2D eigenvalue weighted by Gasteiger charge is 2.39. The first-order chi connectivity index (χ1) is 12.7. The van der Waals surface area contributed by atoms with E-state index < -0.39 is 0 Å². The molecule has 3 heteroatoms. The molecule has 0 saturated heterocycles. The van der Waals surface area contributed by atoms with Gasteiger partial charge in [-0.15, -0.1) is 0 Å². The molecule has 26 heavy (non-hydrogen) atoms. The maximum atomic E-state index is 12.7. The molecule has 2 aliphatic rings. The predicted octanol–water partition coefficient (Wildman–Crippen LogP) is 4.96. The van der Waals surface area contributed by atoms with Gasteiger partial charge in [0.05, 0.1) is 17.3 Å². The van der Waals surface area contributed by atoms with E-state index in [9.17, 15) is 4.79 Å². The van der Waals surface area contributed by atoms with Crippen LogP contribution in [0.1, 0.15) is 58.8 Å².